The van der Waals surface area contributed by atoms with Crippen molar-refractivity contribution in [1.29, 1.82) is 0 Å². The standard InChI is InChI=1S/C22H24N2O5/c1-22(2,3)20-12-23-15-5-4-6-19(29-8-7-25)13(15)9-16(23)17-10-18(26)14(21(27)28)11-24(17)20/h4-6,9-11,20,25H,7-8,12H2,1-3H3,(H,27,28). The van der Waals surface area contributed by atoms with Gasteiger partial charge in [0, 0.05) is 24.2 Å². The number of pyridine rings is 1. The van der Waals surface area contributed by atoms with Gasteiger partial charge in [-0.3, -0.25) is 4.79 Å². The van der Waals surface area contributed by atoms with Gasteiger partial charge in [0.25, 0.3) is 0 Å². The van der Waals surface area contributed by atoms with E-state index >= 15 is 0 Å². The number of ether oxygens (including phenoxy) is 1. The first-order valence-electron chi connectivity index (χ1n) is 9.58. The lowest BCUT2D eigenvalue weighted by molar-refractivity contribution is 0.0693. The monoisotopic (exact) mass is 396 g/mol. The lowest BCUT2D eigenvalue weighted by Crippen LogP contribution is -2.35. The smallest absolute Gasteiger partial charge is 0.341 e. The molecule has 3 aromatic rings. The number of nitrogens with zero attached hydrogens (tertiary/aromatic N) is 2. The Balaban J connectivity index is 2.00. The molecular formula is C22H24N2O5. The molecule has 4 rings (SSSR count). The zero-order chi connectivity index (χ0) is 20.9. The molecule has 1 aliphatic rings. The minimum atomic E-state index is -1.22. The van der Waals surface area contributed by atoms with Crippen LogP contribution in [-0.4, -0.2) is 38.5 Å². The molecule has 29 heavy (non-hydrogen) atoms. The van der Waals surface area contributed by atoms with Gasteiger partial charge in [-0.2, -0.15) is 0 Å². The Hall–Kier alpha value is -3.06. The second-order valence-corrected chi connectivity index (χ2v) is 8.43. The van der Waals surface area contributed by atoms with Gasteiger partial charge in [0.1, 0.15) is 17.9 Å². The average molecular weight is 396 g/mol. The topological polar surface area (TPSA) is 93.7 Å². The van der Waals surface area contributed by atoms with Gasteiger partial charge < -0.3 is 24.1 Å². The van der Waals surface area contributed by atoms with Crippen LogP contribution >= 0.6 is 0 Å². The molecule has 0 bridgehead atoms. The summed E-state index contributed by atoms with van der Waals surface area (Å²) in [5, 5.41) is 19.4. The third-order valence-corrected chi connectivity index (χ3v) is 5.52. The lowest BCUT2D eigenvalue weighted by atomic mass is 9.85. The maximum Gasteiger partial charge on any atom is 0.341 e. The summed E-state index contributed by atoms with van der Waals surface area (Å²) in [6, 6.07) is 9.10. The van der Waals surface area contributed by atoms with Gasteiger partial charge in [-0.25, -0.2) is 4.79 Å². The van der Waals surface area contributed by atoms with Gasteiger partial charge in [-0.15, -0.1) is 0 Å². The van der Waals surface area contributed by atoms with Gasteiger partial charge in [-0.05, 0) is 23.6 Å². The van der Waals surface area contributed by atoms with E-state index in [9.17, 15) is 14.7 Å². The maximum absolute atomic E-state index is 12.5. The minimum Gasteiger partial charge on any atom is -0.490 e. The van der Waals surface area contributed by atoms with Crippen LogP contribution < -0.4 is 10.2 Å². The van der Waals surface area contributed by atoms with Crippen LogP contribution in [0.5, 0.6) is 5.75 Å². The van der Waals surface area contributed by atoms with E-state index in [1.165, 1.54) is 12.3 Å². The Morgan fingerprint density at radius 1 is 1.24 bits per heavy atom. The fourth-order valence-electron chi connectivity index (χ4n) is 4.07. The molecule has 0 saturated heterocycles. The number of carboxylic acids is 1. The van der Waals surface area contributed by atoms with Crippen LogP contribution in [0, 0.1) is 5.41 Å². The van der Waals surface area contributed by atoms with Crippen molar-refractivity contribution >= 4 is 16.9 Å². The molecule has 1 atom stereocenters. The highest BCUT2D eigenvalue weighted by Gasteiger charge is 2.34. The summed E-state index contributed by atoms with van der Waals surface area (Å²) in [6.07, 6.45) is 1.47. The number of rotatable bonds is 4. The zero-order valence-corrected chi connectivity index (χ0v) is 16.7. The number of aromatic nitrogens is 2. The van der Waals surface area contributed by atoms with E-state index in [2.05, 4.69) is 25.3 Å². The van der Waals surface area contributed by atoms with Crippen LogP contribution in [0.15, 0.2) is 41.3 Å². The highest BCUT2D eigenvalue weighted by molar-refractivity contribution is 5.92. The van der Waals surface area contributed by atoms with Crippen molar-refractivity contribution in [2.24, 2.45) is 5.41 Å². The molecule has 0 aliphatic carbocycles. The number of benzene rings is 1. The number of aliphatic hydroxyl groups excluding tert-OH is 1. The van der Waals surface area contributed by atoms with Crippen LogP contribution in [-0.2, 0) is 6.54 Å². The maximum atomic E-state index is 12.5. The third kappa shape index (κ3) is 3.11. The molecule has 0 radical (unpaired) electrons. The van der Waals surface area contributed by atoms with Crippen molar-refractivity contribution in [3.8, 4) is 17.1 Å². The van der Waals surface area contributed by atoms with Gasteiger partial charge in [0.05, 0.1) is 29.6 Å². The van der Waals surface area contributed by atoms with Gasteiger partial charge in [0.2, 0.25) is 0 Å². The van der Waals surface area contributed by atoms with Gasteiger partial charge in [0.15, 0.2) is 5.43 Å². The Morgan fingerprint density at radius 2 is 2.00 bits per heavy atom. The zero-order valence-electron chi connectivity index (χ0n) is 16.7. The summed E-state index contributed by atoms with van der Waals surface area (Å²) in [4.78, 5) is 24.0. The molecule has 0 saturated carbocycles. The Kier molecular flexibility index (Phi) is 4.50. The quantitative estimate of drug-likeness (QED) is 0.707. The van der Waals surface area contributed by atoms with E-state index in [0.717, 1.165) is 16.6 Å². The summed E-state index contributed by atoms with van der Waals surface area (Å²) < 4.78 is 9.78. The fraction of sp³-hybridized carbons (Fsp3) is 0.364. The first-order valence-corrected chi connectivity index (χ1v) is 9.58. The molecule has 3 heterocycles. The molecule has 2 aromatic heterocycles. The summed E-state index contributed by atoms with van der Waals surface area (Å²) in [7, 11) is 0. The van der Waals surface area contributed by atoms with E-state index in [1.807, 2.05) is 28.8 Å². The molecule has 152 valence electrons. The molecule has 7 heteroatoms. The molecule has 1 aliphatic heterocycles. The number of hydrogen-bond acceptors (Lipinski definition) is 4. The highest BCUT2D eigenvalue weighted by atomic mass is 16.5. The Labute approximate surface area is 167 Å². The number of fused-ring (bicyclic) bond motifs is 5. The first-order chi connectivity index (χ1) is 13.7. The number of carboxylic acid groups (broad SMARTS) is 1. The third-order valence-electron chi connectivity index (χ3n) is 5.52. The molecule has 0 amide bonds. The van der Waals surface area contributed by atoms with Crippen LogP contribution in [0.1, 0.15) is 37.2 Å². The first kappa shape index (κ1) is 19.3. The summed E-state index contributed by atoms with van der Waals surface area (Å²) in [5.41, 5.74) is 1.61. The van der Waals surface area contributed by atoms with E-state index in [1.54, 1.807) is 0 Å². The van der Waals surface area contributed by atoms with Crippen molar-refractivity contribution < 1.29 is 19.7 Å². The normalized spacial score (nSPS) is 15.8. The van der Waals surface area contributed by atoms with Crippen molar-refractivity contribution in [3.63, 3.8) is 0 Å². The summed E-state index contributed by atoms with van der Waals surface area (Å²) >= 11 is 0. The van der Waals surface area contributed by atoms with E-state index in [-0.39, 0.29) is 30.2 Å². The minimum absolute atomic E-state index is 0.0404. The fourth-order valence-corrected chi connectivity index (χ4v) is 4.07. The lowest BCUT2D eigenvalue weighted by Gasteiger charge is -2.39. The van der Waals surface area contributed by atoms with Crippen molar-refractivity contribution in [2.75, 3.05) is 13.2 Å². The van der Waals surface area contributed by atoms with Crippen molar-refractivity contribution in [1.82, 2.24) is 9.13 Å². The van der Waals surface area contributed by atoms with Crippen LogP contribution in [0.4, 0.5) is 0 Å². The van der Waals surface area contributed by atoms with Crippen LogP contribution in [0.2, 0.25) is 0 Å². The Morgan fingerprint density at radius 3 is 2.66 bits per heavy atom. The molecule has 0 spiro atoms. The number of aliphatic hydroxyl groups is 1. The SMILES string of the molecule is CC(C)(C)C1Cn2c(cc3c(OCCO)cccc32)-c2cc(=O)c(C(=O)O)cn21. The molecule has 7 nitrogen and oxygen atoms in total. The van der Waals surface area contributed by atoms with Crippen molar-refractivity contribution in [3.05, 3.63) is 52.3 Å². The molecule has 1 unspecified atom stereocenters. The van der Waals surface area contributed by atoms with E-state index in [0.29, 0.717) is 18.0 Å². The molecule has 1 aromatic carbocycles. The summed E-state index contributed by atoms with van der Waals surface area (Å²) in [5.74, 6) is -0.550. The molecule has 2 N–H and O–H groups in total. The van der Waals surface area contributed by atoms with Crippen LogP contribution in [0.25, 0.3) is 22.3 Å². The highest BCUT2D eigenvalue weighted by Crippen LogP contribution is 2.43. The molecule has 0 fully saturated rings. The average Bonchev–Trinajstić information content (AvgIpc) is 3.03. The van der Waals surface area contributed by atoms with Gasteiger partial charge in [-0.1, -0.05) is 26.8 Å². The predicted molar refractivity (Wildman–Crippen MR) is 110 cm³/mol. The second kappa shape index (κ2) is 6.77. The van der Waals surface area contributed by atoms with Crippen molar-refractivity contribution in [2.45, 2.75) is 33.4 Å². The number of carbonyl (C=O) groups is 1. The second-order valence-electron chi connectivity index (χ2n) is 8.43. The van der Waals surface area contributed by atoms with E-state index in [4.69, 9.17) is 9.84 Å². The molecular weight excluding hydrogens is 372 g/mol. The largest absolute Gasteiger partial charge is 0.490 e. The number of aromatic carboxylic acids is 1. The van der Waals surface area contributed by atoms with Gasteiger partial charge >= 0.3 is 5.97 Å². The number of hydrogen-bond donors (Lipinski definition) is 2. The Bertz CT molecular complexity index is 1170. The summed E-state index contributed by atoms with van der Waals surface area (Å²) in [6.45, 7) is 7.07. The van der Waals surface area contributed by atoms with Crippen LogP contribution in [0.3, 0.4) is 0 Å². The predicted octanol–water partition coefficient (Wildman–Crippen LogP) is 3.14. The van der Waals surface area contributed by atoms with E-state index < -0.39 is 11.4 Å².